The minimum atomic E-state index is -0.619. The Kier molecular flexibility index (Phi) is 3.87. The Balaban J connectivity index is 2.05. The predicted octanol–water partition coefficient (Wildman–Crippen LogP) is 2.26. The molecule has 5 heteroatoms. The molecule has 0 fully saturated rings. The van der Waals surface area contributed by atoms with Gasteiger partial charge < -0.3 is 9.15 Å². The highest BCUT2D eigenvalue weighted by molar-refractivity contribution is 5.98. The van der Waals surface area contributed by atoms with Gasteiger partial charge >= 0.3 is 5.97 Å². The molecule has 0 N–H and O–H groups in total. The number of ether oxygens (including phenoxy) is 1. The van der Waals surface area contributed by atoms with E-state index in [4.69, 9.17) is 9.15 Å². The number of rotatable bonds is 5. The summed E-state index contributed by atoms with van der Waals surface area (Å²) in [5, 5.41) is 0. The Labute approximate surface area is 108 Å². The maximum absolute atomic E-state index is 11.8. The summed E-state index contributed by atoms with van der Waals surface area (Å²) < 4.78 is 10.1. The number of aldehydes is 2. The average molecular weight is 258 g/mol. The molecule has 0 unspecified atom stereocenters. The zero-order chi connectivity index (χ0) is 13.7. The van der Waals surface area contributed by atoms with Gasteiger partial charge in [0.15, 0.2) is 18.3 Å². The zero-order valence-corrected chi connectivity index (χ0v) is 9.87. The summed E-state index contributed by atoms with van der Waals surface area (Å²) in [5.74, 6) is -0.0925. The van der Waals surface area contributed by atoms with Crippen LogP contribution < -0.4 is 0 Å². The molecule has 0 aliphatic heterocycles. The molecule has 1 aromatic carbocycles. The summed E-state index contributed by atoms with van der Waals surface area (Å²) in [6, 6.07) is 9.36. The molecule has 19 heavy (non-hydrogen) atoms. The van der Waals surface area contributed by atoms with Crippen LogP contribution in [0, 0.1) is 0 Å². The minimum absolute atomic E-state index is 0.0974. The van der Waals surface area contributed by atoms with Crippen LogP contribution in [-0.4, -0.2) is 18.5 Å². The molecule has 0 aliphatic carbocycles. The van der Waals surface area contributed by atoms with E-state index in [-0.39, 0.29) is 23.5 Å². The summed E-state index contributed by atoms with van der Waals surface area (Å²) in [6.45, 7) is -0.0974. The first-order valence-electron chi connectivity index (χ1n) is 5.50. The van der Waals surface area contributed by atoms with E-state index >= 15 is 0 Å². The second-order valence-corrected chi connectivity index (χ2v) is 3.70. The third-order valence-corrected chi connectivity index (χ3v) is 2.45. The molecule has 2 aromatic rings. The van der Waals surface area contributed by atoms with Gasteiger partial charge in [0, 0.05) is 5.56 Å². The van der Waals surface area contributed by atoms with E-state index < -0.39 is 5.97 Å². The summed E-state index contributed by atoms with van der Waals surface area (Å²) in [6.07, 6.45) is 1.15. The number of esters is 1. The van der Waals surface area contributed by atoms with Crippen LogP contribution in [0.4, 0.5) is 0 Å². The lowest BCUT2D eigenvalue weighted by atomic mass is 10.1. The van der Waals surface area contributed by atoms with E-state index in [1.165, 1.54) is 18.2 Å². The van der Waals surface area contributed by atoms with Crippen molar-refractivity contribution in [3.8, 4) is 0 Å². The van der Waals surface area contributed by atoms with Crippen LogP contribution in [0.2, 0.25) is 0 Å². The van der Waals surface area contributed by atoms with Gasteiger partial charge in [-0.3, -0.25) is 9.59 Å². The molecular weight excluding hydrogens is 248 g/mol. The average Bonchev–Trinajstić information content (AvgIpc) is 2.92. The van der Waals surface area contributed by atoms with E-state index in [2.05, 4.69) is 0 Å². The first-order valence-corrected chi connectivity index (χ1v) is 5.50. The highest BCUT2D eigenvalue weighted by atomic mass is 16.5. The molecule has 0 radical (unpaired) electrons. The standard InChI is InChI=1S/C14H10O5/c15-7-10-3-1-2-4-13(10)14(17)18-9-12-6-5-11(8-16)19-12/h1-8H,9H2. The molecule has 0 atom stereocenters. The summed E-state index contributed by atoms with van der Waals surface area (Å²) in [4.78, 5) is 33.0. The van der Waals surface area contributed by atoms with E-state index in [1.807, 2.05) is 0 Å². The Bertz CT molecular complexity index is 612. The Hall–Kier alpha value is -2.69. The predicted molar refractivity (Wildman–Crippen MR) is 65.0 cm³/mol. The maximum Gasteiger partial charge on any atom is 0.339 e. The summed E-state index contributed by atoms with van der Waals surface area (Å²) in [5.41, 5.74) is 0.459. The molecule has 5 nitrogen and oxygen atoms in total. The van der Waals surface area contributed by atoms with Crippen molar-refractivity contribution in [2.24, 2.45) is 0 Å². The lowest BCUT2D eigenvalue weighted by molar-refractivity contribution is 0.0443. The monoisotopic (exact) mass is 258 g/mol. The second kappa shape index (κ2) is 5.77. The minimum Gasteiger partial charge on any atom is -0.455 e. The van der Waals surface area contributed by atoms with Crippen molar-refractivity contribution in [3.05, 3.63) is 59.0 Å². The SMILES string of the molecule is O=Cc1ccc(COC(=O)c2ccccc2C=O)o1. The van der Waals surface area contributed by atoms with Gasteiger partial charge in [-0.25, -0.2) is 4.79 Å². The Morgan fingerprint density at radius 1 is 1.11 bits per heavy atom. The fourth-order valence-electron chi connectivity index (χ4n) is 1.54. The van der Waals surface area contributed by atoms with Crippen LogP contribution in [0.3, 0.4) is 0 Å². The lowest BCUT2D eigenvalue weighted by Crippen LogP contribution is -2.07. The van der Waals surface area contributed by atoms with E-state index in [0.29, 0.717) is 18.3 Å². The van der Waals surface area contributed by atoms with Crippen LogP contribution in [0.25, 0.3) is 0 Å². The van der Waals surface area contributed by atoms with Gasteiger partial charge in [-0.15, -0.1) is 0 Å². The van der Waals surface area contributed by atoms with Crippen LogP contribution in [-0.2, 0) is 11.3 Å². The molecule has 0 amide bonds. The van der Waals surface area contributed by atoms with Gasteiger partial charge in [-0.2, -0.15) is 0 Å². The largest absolute Gasteiger partial charge is 0.455 e. The number of carbonyl (C=O) groups excluding carboxylic acids is 3. The van der Waals surface area contributed by atoms with Crippen molar-refractivity contribution in [3.63, 3.8) is 0 Å². The molecule has 0 bridgehead atoms. The molecule has 96 valence electrons. The molecule has 2 rings (SSSR count). The van der Waals surface area contributed by atoms with Gasteiger partial charge in [-0.05, 0) is 18.2 Å². The summed E-state index contributed by atoms with van der Waals surface area (Å²) >= 11 is 0. The number of hydrogen-bond donors (Lipinski definition) is 0. The van der Waals surface area contributed by atoms with E-state index in [9.17, 15) is 14.4 Å². The van der Waals surface area contributed by atoms with Crippen LogP contribution in [0.1, 0.15) is 37.0 Å². The fraction of sp³-hybridized carbons (Fsp3) is 0.0714. The quantitative estimate of drug-likeness (QED) is 0.607. The van der Waals surface area contributed by atoms with Gasteiger partial charge in [0.1, 0.15) is 12.4 Å². The van der Waals surface area contributed by atoms with Crippen molar-refractivity contribution in [2.75, 3.05) is 0 Å². The van der Waals surface area contributed by atoms with Crippen molar-refractivity contribution in [1.29, 1.82) is 0 Å². The van der Waals surface area contributed by atoms with Crippen molar-refractivity contribution in [1.82, 2.24) is 0 Å². The van der Waals surface area contributed by atoms with Gasteiger partial charge in [0.25, 0.3) is 0 Å². The van der Waals surface area contributed by atoms with Crippen molar-refractivity contribution in [2.45, 2.75) is 6.61 Å². The first kappa shape index (κ1) is 12.8. The number of benzene rings is 1. The zero-order valence-electron chi connectivity index (χ0n) is 9.87. The second-order valence-electron chi connectivity index (χ2n) is 3.70. The molecule has 0 saturated carbocycles. The lowest BCUT2D eigenvalue weighted by Gasteiger charge is -2.04. The number of carbonyl (C=O) groups is 3. The third-order valence-electron chi connectivity index (χ3n) is 2.45. The van der Waals surface area contributed by atoms with Crippen LogP contribution >= 0.6 is 0 Å². The normalized spacial score (nSPS) is 9.89. The maximum atomic E-state index is 11.8. The van der Waals surface area contributed by atoms with Gasteiger partial charge in [0.2, 0.25) is 0 Å². The summed E-state index contributed by atoms with van der Waals surface area (Å²) in [7, 11) is 0. The molecule has 1 aromatic heterocycles. The van der Waals surface area contributed by atoms with Crippen LogP contribution in [0.15, 0.2) is 40.8 Å². The molecule has 1 heterocycles. The van der Waals surface area contributed by atoms with E-state index in [0.717, 1.165) is 0 Å². The van der Waals surface area contributed by atoms with Gasteiger partial charge in [0.05, 0.1) is 5.56 Å². The number of furan rings is 1. The third kappa shape index (κ3) is 2.95. The molecule has 0 saturated heterocycles. The Morgan fingerprint density at radius 2 is 1.89 bits per heavy atom. The molecular formula is C14H10O5. The first-order chi connectivity index (χ1) is 9.24. The fourth-order valence-corrected chi connectivity index (χ4v) is 1.54. The van der Waals surface area contributed by atoms with Crippen LogP contribution in [0.5, 0.6) is 0 Å². The topological polar surface area (TPSA) is 73.6 Å². The highest BCUT2D eigenvalue weighted by Crippen LogP contribution is 2.11. The molecule has 0 spiro atoms. The van der Waals surface area contributed by atoms with Crippen molar-refractivity contribution >= 4 is 18.5 Å². The van der Waals surface area contributed by atoms with Crippen molar-refractivity contribution < 1.29 is 23.5 Å². The highest BCUT2D eigenvalue weighted by Gasteiger charge is 2.12. The number of hydrogen-bond acceptors (Lipinski definition) is 5. The molecule has 0 aliphatic rings. The van der Waals surface area contributed by atoms with Gasteiger partial charge in [-0.1, -0.05) is 18.2 Å². The Morgan fingerprint density at radius 3 is 2.58 bits per heavy atom. The van der Waals surface area contributed by atoms with E-state index in [1.54, 1.807) is 18.2 Å². The smallest absolute Gasteiger partial charge is 0.339 e.